The predicted molar refractivity (Wildman–Crippen MR) is 156 cm³/mol. The zero-order chi connectivity index (χ0) is 28.6. The molecule has 0 bridgehead atoms. The van der Waals surface area contributed by atoms with Gasteiger partial charge in [0.1, 0.15) is 12.6 Å². The molecule has 0 fully saturated rings. The fraction of sp³-hybridized carbons (Fsp3) is 0.333. The number of carbonyl (C=O) groups excluding carboxylic acids is 2. The minimum atomic E-state index is -4.13. The molecule has 7 nitrogen and oxygen atoms in total. The van der Waals surface area contributed by atoms with Gasteiger partial charge in [-0.05, 0) is 62.6 Å². The normalized spacial score (nSPS) is 12.8. The average molecular weight is 570 g/mol. The van der Waals surface area contributed by atoms with E-state index in [2.05, 4.69) is 5.32 Å². The molecule has 2 amide bonds. The molecular formula is C30H36ClN3O4S. The van der Waals surface area contributed by atoms with Crippen LogP contribution in [0.25, 0.3) is 0 Å². The van der Waals surface area contributed by atoms with Gasteiger partial charge in [0.15, 0.2) is 0 Å². The molecule has 39 heavy (non-hydrogen) atoms. The molecule has 3 rings (SSSR count). The van der Waals surface area contributed by atoms with Crippen molar-refractivity contribution in [1.29, 1.82) is 0 Å². The molecule has 0 saturated carbocycles. The standard InChI is InChI=1S/C30H36ClN3O4S/c1-5-23(4)32-30(36)28(6-2)33(20-24-17-15-22(3)16-18-24)29(35)21-34(26-12-10-11-25(31)19-26)39(37,38)27-13-8-7-9-14-27/h7-19,23,28H,5-6,20-21H2,1-4H3,(H,32,36). The molecule has 0 aliphatic rings. The van der Waals surface area contributed by atoms with Crippen LogP contribution in [-0.4, -0.2) is 43.8 Å². The fourth-order valence-electron chi connectivity index (χ4n) is 4.13. The lowest BCUT2D eigenvalue weighted by Crippen LogP contribution is -2.53. The molecule has 0 aliphatic carbocycles. The van der Waals surface area contributed by atoms with Gasteiger partial charge in [-0.2, -0.15) is 0 Å². The van der Waals surface area contributed by atoms with Crippen LogP contribution >= 0.6 is 11.6 Å². The van der Waals surface area contributed by atoms with Gasteiger partial charge in [-0.25, -0.2) is 8.42 Å². The van der Waals surface area contributed by atoms with Crippen molar-refractivity contribution in [3.63, 3.8) is 0 Å². The maximum Gasteiger partial charge on any atom is 0.264 e. The second kappa shape index (κ2) is 13.6. The van der Waals surface area contributed by atoms with Crippen LogP contribution in [0.3, 0.4) is 0 Å². The van der Waals surface area contributed by atoms with E-state index in [1.807, 2.05) is 52.0 Å². The lowest BCUT2D eigenvalue weighted by atomic mass is 10.1. The third-order valence-corrected chi connectivity index (χ3v) is 8.59. The van der Waals surface area contributed by atoms with E-state index in [-0.39, 0.29) is 29.1 Å². The summed E-state index contributed by atoms with van der Waals surface area (Å²) in [5.41, 5.74) is 2.16. The summed E-state index contributed by atoms with van der Waals surface area (Å²) >= 11 is 6.21. The highest BCUT2D eigenvalue weighted by Gasteiger charge is 2.34. The molecular weight excluding hydrogens is 534 g/mol. The van der Waals surface area contributed by atoms with E-state index in [0.29, 0.717) is 11.4 Å². The smallest absolute Gasteiger partial charge is 0.264 e. The van der Waals surface area contributed by atoms with Crippen LogP contribution in [0.4, 0.5) is 5.69 Å². The Hall–Kier alpha value is -3.36. The largest absolute Gasteiger partial charge is 0.352 e. The van der Waals surface area contributed by atoms with E-state index in [0.717, 1.165) is 21.9 Å². The molecule has 0 heterocycles. The Morgan fingerprint density at radius 1 is 0.923 bits per heavy atom. The number of halogens is 1. The Morgan fingerprint density at radius 2 is 1.59 bits per heavy atom. The van der Waals surface area contributed by atoms with Crippen LogP contribution in [-0.2, 0) is 26.2 Å². The summed E-state index contributed by atoms with van der Waals surface area (Å²) in [6, 6.07) is 21.2. The third-order valence-electron chi connectivity index (χ3n) is 6.57. The maximum atomic E-state index is 14.0. The summed E-state index contributed by atoms with van der Waals surface area (Å²) in [4.78, 5) is 28.8. The van der Waals surface area contributed by atoms with Crippen LogP contribution in [0, 0.1) is 6.92 Å². The Labute approximate surface area is 236 Å². The Kier molecular flexibility index (Phi) is 10.5. The van der Waals surface area contributed by atoms with Crippen molar-refractivity contribution >= 4 is 39.1 Å². The highest BCUT2D eigenvalue weighted by molar-refractivity contribution is 7.92. The quantitative estimate of drug-likeness (QED) is 0.309. The van der Waals surface area contributed by atoms with E-state index in [4.69, 9.17) is 11.6 Å². The monoisotopic (exact) mass is 569 g/mol. The lowest BCUT2D eigenvalue weighted by Gasteiger charge is -2.33. The van der Waals surface area contributed by atoms with E-state index in [1.165, 1.54) is 23.1 Å². The van der Waals surface area contributed by atoms with Gasteiger partial charge >= 0.3 is 0 Å². The van der Waals surface area contributed by atoms with Crippen molar-refractivity contribution in [2.24, 2.45) is 0 Å². The van der Waals surface area contributed by atoms with Crippen LogP contribution in [0.1, 0.15) is 44.7 Å². The van der Waals surface area contributed by atoms with Crippen LogP contribution < -0.4 is 9.62 Å². The molecule has 208 valence electrons. The number of hydrogen-bond donors (Lipinski definition) is 1. The first-order valence-corrected chi connectivity index (χ1v) is 14.9. The Morgan fingerprint density at radius 3 is 2.18 bits per heavy atom. The second-order valence-corrected chi connectivity index (χ2v) is 11.9. The Balaban J connectivity index is 2.04. The van der Waals surface area contributed by atoms with Crippen molar-refractivity contribution in [3.8, 4) is 0 Å². The van der Waals surface area contributed by atoms with E-state index in [1.54, 1.807) is 36.4 Å². The SMILES string of the molecule is CCC(C)NC(=O)C(CC)N(Cc1ccc(C)cc1)C(=O)CN(c1cccc(Cl)c1)S(=O)(=O)c1ccccc1. The van der Waals surface area contributed by atoms with Gasteiger partial charge in [0, 0.05) is 17.6 Å². The predicted octanol–water partition coefficient (Wildman–Crippen LogP) is 5.57. The van der Waals surface area contributed by atoms with E-state index < -0.39 is 28.5 Å². The molecule has 2 atom stereocenters. The summed E-state index contributed by atoms with van der Waals surface area (Å²) in [5, 5.41) is 3.31. The second-order valence-electron chi connectivity index (χ2n) is 9.55. The van der Waals surface area contributed by atoms with Crippen LogP contribution in [0.2, 0.25) is 5.02 Å². The van der Waals surface area contributed by atoms with Crippen LogP contribution in [0.5, 0.6) is 0 Å². The van der Waals surface area contributed by atoms with Gasteiger partial charge in [0.25, 0.3) is 10.0 Å². The summed E-state index contributed by atoms with van der Waals surface area (Å²) < 4.78 is 28.6. The van der Waals surface area contributed by atoms with Crippen molar-refractivity contribution < 1.29 is 18.0 Å². The first-order valence-electron chi connectivity index (χ1n) is 13.1. The Bertz CT molecular complexity index is 1360. The molecule has 2 unspecified atom stereocenters. The number of rotatable bonds is 12. The molecule has 0 saturated heterocycles. The van der Waals surface area contributed by atoms with Gasteiger partial charge in [0.05, 0.1) is 10.6 Å². The van der Waals surface area contributed by atoms with Crippen molar-refractivity contribution in [3.05, 3.63) is 95.0 Å². The maximum absolute atomic E-state index is 14.0. The van der Waals surface area contributed by atoms with Crippen LogP contribution in [0.15, 0.2) is 83.8 Å². The topological polar surface area (TPSA) is 86.8 Å². The van der Waals surface area contributed by atoms with Crippen molar-refractivity contribution in [2.45, 2.75) is 64.1 Å². The zero-order valence-electron chi connectivity index (χ0n) is 22.8. The third kappa shape index (κ3) is 7.83. The number of amides is 2. The number of carbonyl (C=O) groups is 2. The molecule has 0 aromatic heterocycles. The number of benzene rings is 3. The number of anilines is 1. The average Bonchev–Trinajstić information content (AvgIpc) is 2.92. The number of aryl methyl sites for hydroxylation is 1. The van der Waals surface area contributed by atoms with E-state index >= 15 is 0 Å². The van der Waals surface area contributed by atoms with Crippen molar-refractivity contribution in [1.82, 2.24) is 10.2 Å². The first-order chi connectivity index (χ1) is 18.6. The van der Waals surface area contributed by atoms with Gasteiger partial charge in [-0.15, -0.1) is 0 Å². The van der Waals surface area contributed by atoms with E-state index in [9.17, 15) is 18.0 Å². The first kappa shape index (κ1) is 30.2. The van der Waals surface area contributed by atoms with Gasteiger partial charge in [0.2, 0.25) is 11.8 Å². The summed E-state index contributed by atoms with van der Waals surface area (Å²) in [6.07, 6.45) is 1.11. The molecule has 0 spiro atoms. The minimum Gasteiger partial charge on any atom is -0.352 e. The minimum absolute atomic E-state index is 0.0458. The van der Waals surface area contributed by atoms with Crippen molar-refractivity contribution in [2.75, 3.05) is 10.8 Å². The molecule has 0 aliphatic heterocycles. The molecule has 9 heteroatoms. The molecule has 3 aromatic rings. The van der Waals surface area contributed by atoms with Gasteiger partial charge in [-0.3, -0.25) is 13.9 Å². The number of hydrogen-bond acceptors (Lipinski definition) is 4. The number of sulfonamides is 1. The summed E-state index contributed by atoms with van der Waals surface area (Å²) in [6.45, 7) is 7.34. The zero-order valence-corrected chi connectivity index (χ0v) is 24.4. The highest BCUT2D eigenvalue weighted by atomic mass is 35.5. The molecule has 0 radical (unpaired) electrons. The van der Waals surface area contributed by atoms with Gasteiger partial charge < -0.3 is 10.2 Å². The number of nitrogens with zero attached hydrogens (tertiary/aromatic N) is 2. The summed E-state index contributed by atoms with van der Waals surface area (Å²) in [5.74, 6) is -0.770. The fourth-order valence-corrected chi connectivity index (χ4v) is 5.74. The molecule has 3 aromatic carbocycles. The lowest BCUT2D eigenvalue weighted by molar-refractivity contribution is -0.140. The highest BCUT2D eigenvalue weighted by Crippen LogP contribution is 2.27. The summed E-state index contributed by atoms with van der Waals surface area (Å²) in [7, 11) is -4.13. The molecule has 1 N–H and O–H groups in total. The number of nitrogens with one attached hydrogen (secondary N) is 1. The van der Waals surface area contributed by atoms with Gasteiger partial charge in [-0.1, -0.05) is 79.5 Å².